The Morgan fingerprint density at radius 2 is 1.75 bits per heavy atom. The van der Waals surface area contributed by atoms with Crippen molar-refractivity contribution in [3.8, 4) is 0 Å². The van der Waals surface area contributed by atoms with Gasteiger partial charge in [0.25, 0.3) is 0 Å². The number of aliphatic hydroxyl groups is 1. The molecule has 0 amide bonds. The van der Waals surface area contributed by atoms with E-state index >= 15 is 0 Å². The van der Waals surface area contributed by atoms with Gasteiger partial charge in [-0.1, -0.05) is 42.8 Å². The summed E-state index contributed by atoms with van der Waals surface area (Å²) in [7, 11) is 0. The highest BCUT2D eigenvalue weighted by molar-refractivity contribution is 5.38. The van der Waals surface area contributed by atoms with Crippen LogP contribution in [0.5, 0.6) is 0 Å². The van der Waals surface area contributed by atoms with Crippen molar-refractivity contribution in [3.05, 3.63) is 71.0 Å². The molecule has 2 aromatic rings. The second-order valence-electron chi connectivity index (χ2n) is 5.83. The molecule has 1 aliphatic carbocycles. The minimum Gasteiger partial charge on any atom is -0.381 e. The molecule has 2 aromatic carbocycles. The Bertz CT molecular complexity index is 597. The lowest BCUT2D eigenvalue weighted by molar-refractivity contribution is 0.102. The Kier molecular flexibility index (Phi) is 3.35. The second-order valence-corrected chi connectivity index (χ2v) is 5.83. The summed E-state index contributed by atoms with van der Waals surface area (Å²) in [5, 5.41) is 10.8. The zero-order valence-corrected chi connectivity index (χ0v) is 11.6. The molecule has 1 nitrogen and oxygen atoms in total. The highest BCUT2D eigenvalue weighted by Gasteiger charge is 2.27. The molecule has 0 spiro atoms. The van der Waals surface area contributed by atoms with Crippen molar-refractivity contribution in [2.24, 2.45) is 0 Å². The van der Waals surface area contributed by atoms with Gasteiger partial charge in [0.2, 0.25) is 0 Å². The molecule has 2 heteroatoms. The van der Waals surface area contributed by atoms with Crippen molar-refractivity contribution in [1.29, 1.82) is 0 Å². The summed E-state index contributed by atoms with van der Waals surface area (Å²) < 4.78 is 13.0. The topological polar surface area (TPSA) is 20.2 Å². The zero-order chi connectivity index (χ0) is 14.2. The van der Waals surface area contributed by atoms with Crippen molar-refractivity contribution in [3.63, 3.8) is 0 Å². The molecular formula is C18H19FO. The lowest BCUT2D eigenvalue weighted by Gasteiger charge is -2.29. The van der Waals surface area contributed by atoms with Crippen LogP contribution in [0.15, 0.2) is 48.5 Å². The molecule has 20 heavy (non-hydrogen) atoms. The molecule has 0 radical (unpaired) electrons. The minimum atomic E-state index is -1.09. The van der Waals surface area contributed by atoms with Gasteiger partial charge in [0.15, 0.2) is 0 Å². The molecule has 0 aromatic heterocycles. The monoisotopic (exact) mass is 270 g/mol. The third kappa shape index (κ3) is 2.36. The third-order valence-electron chi connectivity index (χ3n) is 4.43. The fourth-order valence-electron chi connectivity index (χ4n) is 2.78. The average Bonchev–Trinajstić information content (AvgIpc) is 2.37. The van der Waals surface area contributed by atoms with E-state index in [0.29, 0.717) is 11.5 Å². The van der Waals surface area contributed by atoms with Crippen molar-refractivity contribution in [1.82, 2.24) is 0 Å². The zero-order valence-electron chi connectivity index (χ0n) is 11.6. The molecule has 0 bridgehead atoms. The molecule has 0 aliphatic heterocycles. The van der Waals surface area contributed by atoms with Crippen LogP contribution in [0.4, 0.5) is 4.39 Å². The van der Waals surface area contributed by atoms with Gasteiger partial charge in [-0.05, 0) is 54.5 Å². The Labute approximate surface area is 119 Å². The van der Waals surface area contributed by atoms with Crippen LogP contribution in [0, 0.1) is 5.82 Å². The molecule has 1 saturated carbocycles. The first-order chi connectivity index (χ1) is 9.57. The van der Waals surface area contributed by atoms with Gasteiger partial charge in [-0.3, -0.25) is 0 Å². The predicted octanol–water partition coefficient (Wildman–Crippen LogP) is 4.35. The van der Waals surface area contributed by atoms with E-state index in [1.807, 2.05) is 12.1 Å². The molecule has 104 valence electrons. The minimum absolute atomic E-state index is 0.284. The van der Waals surface area contributed by atoms with E-state index in [4.69, 9.17) is 0 Å². The van der Waals surface area contributed by atoms with E-state index in [0.717, 1.165) is 5.56 Å². The summed E-state index contributed by atoms with van der Waals surface area (Å²) in [5.74, 6) is 0.353. The molecule has 0 saturated heterocycles. The molecule has 1 aliphatic rings. The molecule has 1 atom stereocenters. The first-order valence-corrected chi connectivity index (χ1v) is 7.16. The summed E-state index contributed by atoms with van der Waals surface area (Å²) in [4.78, 5) is 0. The van der Waals surface area contributed by atoms with Crippen molar-refractivity contribution in [2.75, 3.05) is 0 Å². The van der Waals surface area contributed by atoms with Crippen LogP contribution in [0.1, 0.15) is 48.8 Å². The van der Waals surface area contributed by atoms with Crippen LogP contribution in [-0.4, -0.2) is 5.11 Å². The highest BCUT2D eigenvalue weighted by Crippen LogP contribution is 2.38. The maximum Gasteiger partial charge on any atom is 0.123 e. The van der Waals surface area contributed by atoms with E-state index in [1.54, 1.807) is 19.1 Å². The summed E-state index contributed by atoms with van der Waals surface area (Å²) in [6.45, 7) is 1.76. The van der Waals surface area contributed by atoms with E-state index in [2.05, 4.69) is 12.1 Å². The third-order valence-corrected chi connectivity index (χ3v) is 4.43. The second kappa shape index (κ2) is 5.02. The van der Waals surface area contributed by atoms with Crippen LogP contribution in [0.25, 0.3) is 0 Å². The molecule has 1 fully saturated rings. The summed E-state index contributed by atoms with van der Waals surface area (Å²) in [5.41, 5.74) is 1.79. The van der Waals surface area contributed by atoms with Gasteiger partial charge in [0, 0.05) is 0 Å². The standard InChI is InChI=1S/C18H19FO/c1-18(20,15-8-10-17(19)11-9-15)16-7-3-6-14(12-16)13-4-2-5-13/h3,6-13,20H,2,4-5H2,1H3. The summed E-state index contributed by atoms with van der Waals surface area (Å²) >= 11 is 0. The van der Waals surface area contributed by atoms with Gasteiger partial charge in [-0.25, -0.2) is 4.39 Å². The van der Waals surface area contributed by atoms with Gasteiger partial charge in [-0.15, -0.1) is 0 Å². The van der Waals surface area contributed by atoms with Gasteiger partial charge < -0.3 is 5.11 Å². The number of hydrogen-bond donors (Lipinski definition) is 1. The normalized spacial score (nSPS) is 18.4. The number of hydrogen-bond acceptors (Lipinski definition) is 1. The molecular weight excluding hydrogens is 251 g/mol. The fraction of sp³-hybridized carbons (Fsp3) is 0.333. The highest BCUT2D eigenvalue weighted by atomic mass is 19.1. The average molecular weight is 270 g/mol. The van der Waals surface area contributed by atoms with E-state index in [1.165, 1.54) is 37.0 Å². The van der Waals surface area contributed by atoms with Gasteiger partial charge >= 0.3 is 0 Å². The van der Waals surface area contributed by atoms with Gasteiger partial charge in [-0.2, -0.15) is 0 Å². The number of halogens is 1. The van der Waals surface area contributed by atoms with E-state index < -0.39 is 5.60 Å². The van der Waals surface area contributed by atoms with E-state index in [-0.39, 0.29) is 5.82 Å². The van der Waals surface area contributed by atoms with Crippen LogP contribution in [0.2, 0.25) is 0 Å². The van der Waals surface area contributed by atoms with Crippen molar-refractivity contribution < 1.29 is 9.50 Å². The Hall–Kier alpha value is -1.67. The van der Waals surface area contributed by atoms with Crippen molar-refractivity contribution in [2.45, 2.75) is 37.7 Å². The maximum atomic E-state index is 13.0. The number of rotatable bonds is 3. The predicted molar refractivity (Wildman–Crippen MR) is 78.1 cm³/mol. The molecule has 1 N–H and O–H groups in total. The molecule has 0 heterocycles. The lowest BCUT2D eigenvalue weighted by atomic mass is 9.78. The largest absolute Gasteiger partial charge is 0.381 e. The lowest BCUT2D eigenvalue weighted by Crippen LogP contribution is -2.23. The Morgan fingerprint density at radius 3 is 2.35 bits per heavy atom. The number of benzene rings is 2. The first-order valence-electron chi connectivity index (χ1n) is 7.16. The molecule has 1 unspecified atom stereocenters. The SMILES string of the molecule is CC(O)(c1ccc(F)cc1)c1cccc(C2CCC2)c1. The van der Waals surface area contributed by atoms with Crippen molar-refractivity contribution >= 4 is 0 Å². The van der Waals surface area contributed by atoms with Crippen LogP contribution in [0.3, 0.4) is 0 Å². The van der Waals surface area contributed by atoms with Crippen LogP contribution < -0.4 is 0 Å². The van der Waals surface area contributed by atoms with Crippen LogP contribution >= 0.6 is 0 Å². The smallest absolute Gasteiger partial charge is 0.123 e. The van der Waals surface area contributed by atoms with Crippen LogP contribution in [-0.2, 0) is 5.60 Å². The summed E-state index contributed by atoms with van der Waals surface area (Å²) in [6, 6.07) is 14.2. The Morgan fingerprint density at radius 1 is 1.05 bits per heavy atom. The van der Waals surface area contributed by atoms with E-state index in [9.17, 15) is 9.50 Å². The molecule has 3 rings (SSSR count). The summed E-state index contributed by atoms with van der Waals surface area (Å²) in [6.07, 6.45) is 3.77. The Balaban J connectivity index is 1.95. The van der Waals surface area contributed by atoms with Gasteiger partial charge in [0.05, 0.1) is 0 Å². The van der Waals surface area contributed by atoms with Gasteiger partial charge in [0.1, 0.15) is 11.4 Å². The maximum absolute atomic E-state index is 13.0. The first kappa shape index (κ1) is 13.3. The quantitative estimate of drug-likeness (QED) is 0.879. The fourth-order valence-corrected chi connectivity index (χ4v) is 2.78.